The zero-order valence-corrected chi connectivity index (χ0v) is 15.9. The average Bonchev–Trinajstić information content (AvgIpc) is 2.66. The maximum Gasteiger partial charge on any atom is 0.161 e. The van der Waals surface area contributed by atoms with Crippen LogP contribution in [0.1, 0.15) is 34.6 Å². The summed E-state index contributed by atoms with van der Waals surface area (Å²) in [6.45, 7) is 3.03. The molecule has 0 spiro atoms. The molecule has 6 heteroatoms. The summed E-state index contributed by atoms with van der Waals surface area (Å²) in [7, 11) is 6.21. The number of methoxy groups -OCH3 is 4. The Morgan fingerprint density at radius 2 is 0.885 bits per heavy atom. The van der Waals surface area contributed by atoms with E-state index in [0.29, 0.717) is 34.1 Å². The molecule has 0 fully saturated rings. The summed E-state index contributed by atoms with van der Waals surface area (Å²) in [6, 6.07) is 10.2. The Bertz CT molecular complexity index is 701. The second kappa shape index (κ2) is 10.1. The first-order chi connectivity index (χ1) is 12.4. The van der Waals surface area contributed by atoms with Crippen LogP contribution in [0.3, 0.4) is 0 Å². The fourth-order valence-electron chi connectivity index (χ4n) is 2.11. The summed E-state index contributed by atoms with van der Waals surface area (Å²) in [4.78, 5) is 22.0. The van der Waals surface area contributed by atoms with E-state index in [1.54, 1.807) is 64.8 Å². The molecule has 26 heavy (non-hydrogen) atoms. The highest BCUT2D eigenvalue weighted by molar-refractivity contribution is 5.95. The van der Waals surface area contributed by atoms with Crippen LogP contribution < -0.4 is 18.9 Å². The molecule has 0 saturated carbocycles. The van der Waals surface area contributed by atoms with E-state index in [4.69, 9.17) is 18.9 Å². The van der Waals surface area contributed by atoms with Crippen LogP contribution in [0.2, 0.25) is 0 Å². The van der Waals surface area contributed by atoms with Crippen molar-refractivity contribution in [3.05, 3.63) is 47.5 Å². The number of ketones is 2. The molecule has 6 nitrogen and oxygen atoms in total. The van der Waals surface area contributed by atoms with Crippen LogP contribution in [0.5, 0.6) is 23.0 Å². The van der Waals surface area contributed by atoms with E-state index in [1.807, 2.05) is 0 Å². The molecule has 0 bridgehead atoms. The van der Waals surface area contributed by atoms with Crippen molar-refractivity contribution in [2.75, 3.05) is 28.4 Å². The van der Waals surface area contributed by atoms with Gasteiger partial charge in [-0.2, -0.15) is 0 Å². The van der Waals surface area contributed by atoms with E-state index in [2.05, 4.69) is 0 Å². The minimum atomic E-state index is 0.0148. The van der Waals surface area contributed by atoms with Crippen LogP contribution in [0.25, 0.3) is 0 Å². The Kier molecular flexibility index (Phi) is 8.15. The molecule has 0 aromatic heterocycles. The van der Waals surface area contributed by atoms with Gasteiger partial charge in [-0.05, 0) is 50.2 Å². The van der Waals surface area contributed by atoms with E-state index in [1.165, 1.54) is 13.8 Å². The normalized spacial score (nSPS) is 9.46. The molecule has 0 saturated heterocycles. The number of carbonyl (C=O) groups excluding carboxylic acids is 2. The quantitative estimate of drug-likeness (QED) is 0.730. The van der Waals surface area contributed by atoms with Gasteiger partial charge in [0.15, 0.2) is 34.6 Å². The number of rotatable bonds is 6. The number of ether oxygens (including phenoxy) is 4. The predicted octanol–water partition coefficient (Wildman–Crippen LogP) is 3.81. The van der Waals surface area contributed by atoms with Crippen molar-refractivity contribution in [1.29, 1.82) is 0 Å². The van der Waals surface area contributed by atoms with Gasteiger partial charge < -0.3 is 18.9 Å². The fourth-order valence-corrected chi connectivity index (χ4v) is 2.11. The number of benzene rings is 2. The van der Waals surface area contributed by atoms with Gasteiger partial charge in [0.2, 0.25) is 0 Å². The van der Waals surface area contributed by atoms with Crippen molar-refractivity contribution in [2.24, 2.45) is 0 Å². The van der Waals surface area contributed by atoms with Gasteiger partial charge in [-0.3, -0.25) is 9.59 Å². The molecule has 2 aromatic rings. The van der Waals surface area contributed by atoms with E-state index in [9.17, 15) is 9.59 Å². The lowest BCUT2D eigenvalue weighted by Gasteiger charge is -2.07. The van der Waals surface area contributed by atoms with E-state index < -0.39 is 0 Å². The maximum atomic E-state index is 11.0. The van der Waals surface area contributed by atoms with Gasteiger partial charge in [-0.25, -0.2) is 0 Å². The highest BCUT2D eigenvalue weighted by atomic mass is 16.5. The third-order valence-corrected chi connectivity index (χ3v) is 3.58. The molecule has 2 aromatic carbocycles. The Morgan fingerprint density at radius 1 is 0.577 bits per heavy atom. The molecule has 0 aliphatic rings. The van der Waals surface area contributed by atoms with Crippen LogP contribution in [-0.2, 0) is 0 Å². The predicted molar refractivity (Wildman–Crippen MR) is 99.1 cm³/mol. The molecule has 0 aliphatic heterocycles. The fraction of sp³-hybridized carbons (Fsp3) is 0.300. The molecule has 0 N–H and O–H groups in total. The second-order valence-corrected chi connectivity index (χ2v) is 5.25. The van der Waals surface area contributed by atoms with Gasteiger partial charge >= 0.3 is 0 Å². The molecule has 0 radical (unpaired) electrons. The van der Waals surface area contributed by atoms with E-state index in [-0.39, 0.29) is 11.6 Å². The summed E-state index contributed by atoms with van der Waals surface area (Å²) in [5, 5.41) is 0. The topological polar surface area (TPSA) is 71.1 Å². The highest BCUT2D eigenvalue weighted by Crippen LogP contribution is 2.28. The molecule has 0 atom stereocenters. The Morgan fingerprint density at radius 3 is 1.12 bits per heavy atom. The van der Waals surface area contributed by atoms with Crippen LogP contribution in [0.4, 0.5) is 0 Å². The summed E-state index contributed by atoms with van der Waals surface area (Å²) in [5.41, 5.74) is 1.25. The molecule has 0 amide bonds. The number of hydrogen-bond acceptors (Lipinski definition) is 6. The first-order valence-corrected chi connectivity index (χ1v) is 7.83. The maximum absolute atomic E-state index is 11.0. The monoisotopic (exact) mass is 360 g/mol. The van der Waals surface area contributed by atoms with Gasteiger partial charge in [-0.15, -0.1) is 0 Å². The standard InChI is InChI=1S/2C10H12O3/c2*1-7(11)8-4-5-9(12-2)10(6-8)13-3/h2*4-6H,1-3H3. The lowest BCUT2D eigenvalue weighted by molar-refractivity contribution is 0.100. The molecule has 0 heterocycles. The smallest absolute Gasteiger partial charge is 0.161 e. The first-order valence-electron chi connectivity index (χ1n) is 7.83. The Hall–Kier alpha value is -3.02. The van der Waals surface area contributed by atoms with Crippen molar-refractivity contribution in [3.8, 4) is 23.0 Å². The summed E-state index contributed by atoms with van der Waals surface area (Å²) in [6.07, 6.45) is 0. The third kappa shape index (κ3) is 5.51. The molecular weight excluding hydrogens is 336 g/mol. The molecule has 0 unspecified atom stereocenters. The minimum Gasteiger partial charge on any atom is -0.493 e. The zero-order chi connectivity index (χ0) is 19.7. The van der Waals surface area contributed by atoms with Gasteiger partial charge in [0.05, 0.1) is 28.4 Å². The molecule has 140 valence electrons. The van der Waals surface area contributed by atoms with Crippen LogP contribution >= 0.6 is 0 Å². The van der Waals surface area contributed by atoms with Crippen LogP contribution in [-0.4, -0.2) is 40.0 Å². The number of hydrogen-bond donors (Lipinski definition) is 0. The summed E-state index contributed by atoms with van der Waals surface area (Å²) in [5.74, 6) is 2.45. The van der Waals surface area contributed by atoms with Gasteiger partial charge in [0, 0.05) is 11.1 Å². The van der Waals surface area contributed by atoms with E-state index >= 15 is 0 Å². The van der Waals surface area contributed by atoms with Gasteiger partial charge in [0.1, 0.15) is 0 Å². The van der Waals surface area contributed by atoms with Gasteiger partial charge in [-0.1, -0.05) is 0 Å². The van der Waals surface area contributed by atoms with Crippen molar-refractivity contribution in [3.63, 3.8) is 0 Å². The Balaban J connectivity index is 0.000000260. The zero-order valence-electron chi connectivity index (χ0n) is 15.9. The summed E-state index contributed by atoms with van der Waals surface area (Å²) >= 11 is 0. The van der Waals surface area contributed by atoms with Gasteiger partial charge in [0.25, 0.3) is 0 Å². The lowest BCUT2D eigenvalue weighted by atomic mass is 10.1. The number of carbonyl (C=O) groups is 2. The van der Waals surface area contributed by atoms with Crippen molar-refractivity contribution >= 4 is 11.6 Å². The van der Waals surface area contributed by atoms with Crippen LogP contribution in [0.15, 0.2) is 36.4 Å². The summed E-state index contributed by atoms with van der Waals surface area (Å²) < 4.78 is 20.2. The lowest BCUT2D eigenvalue weighted by Crippen LogP contribution is -1.95. The Labute approximate surface area is 153 Å². The molecule has 2 rings (SSSR count). The SMILES string of the molecule is COc1ccc(C(C)=O)cc1OC.COc1ccc(C(C)=O)cc1OC. The largest absolute Gasteiger partial charge is 0.493 e. The third-order valence-electron chi connectivity index (χ3n) is 3.58. The van der Waals surface area contributed by atoms with Crippen molar-refractivity contribution in [2.45, 2.75) is 13.8 Å². The highest BCUT2D eigenvalue weighted by Gasteiger charge is 2.07. The first kappa shape index (κ1) is 21.0. The van der Waals surface area contributed by atoms with Crippen LogP contribution in [0, 0.1) is 0 Å². The molecular formula is C20H24O6. The average molecular weight is 360 g/mol. The molecule has 0 aliphatic carbocycles. The number of Topliss-reactive ketones (excluding diaryl/α,β-unsaturated/α-hetero) is 2. The van der Waals surface area contributed by atoms with E-state index in [0.717, 1.165) is 0 Å². The second-order valence-electron chi connectivity index (χ2n) is 5.25. The van der Waals surface area contributed by atoms with Crippen molar-refractivity contribution < 1.29 is 28.5 Å². The minimum absolute atomic E-state index is 0.0148. The van der Waals surface area contributed by atoms with Crippen molar-refractivity contribution in [1.82, 2.24) is 0 Å².